The Hall–Kier alpha value is -0.340. The average molecular weight is 122 g/mol. The predicted octanol–water partition coefficient (Wildman–Crippen LogP) is 0.833. The van der Waals surface area contributed by atoms with Crippen molar-refractivity contribution < 1.29 is 9.46 Å². The highest BCUT2D eigenvalue weighted by molar-refractivity contribution is 7.38. The summed E-state index contributed by atoms with van der Waals surface area (Å²) in [6.45, 7) is 1.28. The Morgan fingerprint density at radius 1 is 1.86 bits per heavy atom. The van der Waals surface area contributed by atoms with Crippen molar-refractivity contribution in [2.75, 3.05) is 0 Å². The van der Waals surface area contributed by atoms with Gasteiger partial charge in [-0.3, -0.25) is 0 Å². The van der Waals surface area contributed by atoms with Gasteiger partial charge in [0.1, 0.15) is 0 Å². The first kappa shape index (κ1) is 6.66. The van der Waals surface area contributed by atoms with Crippen molar-refractivity contribution >= 4 is 8.03 Å². The molecule has 0 radical (unpaired) electrons. The monoisotopic (exact) mass is 122 g/mol. The molecule has 0 aromatic rings. The Morgan fingerprint density at radius 2 is 2.29 bits per heavy atom. The van der Waals surface area contributed by atoms with Gasteiger partial charge in [-0.05, 0) is 9.74 Å². The van der Waals surface area contributed by atoms with Crippen LogP contribution in [0.1, 0.15) is 6.92 Å². The summed E-state index contributed by atoms with van der Waals surface area (Å²) >= 11 is 0. The van der Waals surface area contributed by atoms with E-state index in [1.165, 1.54) is 6.92 Å². The molecule has 5 heteroatoms. The zero-order valence-corrected chi connectivity index (χ0v) is 4.63. The normalized spacial score (nSPS) is 15.4. The standard InChI is InChI=1S/C2H4NO3P/c1-2(3-4)7(5)6/h2H,1H3/p+1. The fourth-order valence-electron chi connectivity index (χ4n) is 0.0403. The van der Waals surface area contributed by atoms with Crippen LogP contribution in [0, 0.1) is 4.91 Å². The lowest BCUT2D eigenvalue weighted by Gasteiger charge is -1.73. The second-order valence-electron chi connectivity index (χ2n) is 1.04. The largest absolute Gasteiger partial charge is 0.535 e. The van der Waals surface area contributed by atoms with Crippen LogP contribution in [-0.4, -0.2) is 10.7 Å². The molecule has 0 aromatic heterocycles. The lowest BCUT2D eigenvalue weighted by molar-refractivity contribution is 0.493. The molecule has 0 fully saturated rings. The second-order valence-corrected chi connectivity index (χ2v) is 2.39. The molecule has 7 heavy (non-hydrogen) atoms. The lowest BCUT2D eigenvalue weighted by atomic mass is 10.8. The van der Waals surface area contributed by atoms with E-state index < -0.39 is 13.8 Å². The molecule has 0 amide bonds. The summed E-state index contributed by atoms with van der Waals surface area (Å²) < 4.78 is 9.78. The summed E-state index contributed by atoms with van der Waals surface area (Å²) in [4.78, 5) is 17.4. The van der Waals surface area contributed by atoms with Crippen LogP contribution >= 0.6 is 8.03 Å². The summed E-state index contributed by atoms with van der Waals surface area (Å²) in [5.41, 5.74) is 0. The van der Waals surface area contributed by atoms with E-state index in [1.54, 1.807) is 0 Å². The molecule has 0 saturated carbocycles. The van der Waals surface area contributed by atoms with Gasteiger partial charge in [0.25, 0.3) is 0 Å². The summed E-state index contributed by atoms with van der Waals surface area (Å²) in [7, 11) is -2.39. The maximum Gasteiger partial charge on any atom is 0.535 e. The molecule has 0 rings (SSSR count). The van der Waals surface area contributed by atoms with E-state index in [0.29, 0.717) is 0 Å². The molecule has 0 aliphatic carbocycles. The number of hydrogen-bond donors (Lipinski definition) is 1. The van der Waals surface area contributed by atoms with Crippen LogP contribution in [0.15, 0.2) is 5.18 Å². The van der Waals surface area contributed by atoms with Crippen LogP contribution in [0.25, 0.3) is 0 Å². The van der Waals surface area contributed by atoms with Gasteiger partial charge in [-0.2, -0.15) is 4.89 Å². The highest BCUT2D eigenvalue weighted by Crippen LogP contribution is 2.21. The zero-order valence-electron chi connectivity index (χ0n) is 3.74. The van der Waals surface area contributed by atoms with Crippen LogP contribution in [0.4, 0.5) is 0 Å². The summed E-state index contributed by atoms with van der Waals surface area (Å²) in [6.07, 6.45) is 0. The van der Waals surface area contributed by atoms with Gasteiger partial charge in [-0.25, -0.2) is 0 Å². The third kappa shape index (κ3) is 2.37. The Morgan fingerprint density at radius 3 is 2.29 bits per heavy atom. The topological polar surface area (TPSA) is 66.7 Å². The van der Waals surface area contributed by atoms with Crippen LogP contribution in [0.2, 0.25) is 0 Å². The SMILES string of the molecule is CC(N=O)[P+](=O)O. The van der Waals surface area contributed by atoms with Gasteiger partial charge in [0.2, 0.25) is 0 Å². The predicted molar refractivity (Wildman–Crippen MR) is 25.1 cm³/mol. The maximum absolute atomic E-state index is 9.78. The molecule has 0 aliphatic heterocycles. The molecule has 0 spiro atoms. The summed E-state index contributed by atoms with van der Waals surface area (Å²) in [6, 6.07) is 0. The summed E-state index contributed by atoms with van der Waals surface area (Å²) in [5.74, 6) is -0.963. The first-order chi connectivity index (χ1) is 3.18. The van der Waals surface area contributed by atoms with Crippen molar-refractivity contribution in [3.63, 3.8) is 0 Å². The van der Waals surface area contributed by atoms with Gasteiger partial charge in [0.05, 0.1) is 0 Å². The molecule has 0 saturated heterocycles. The molecular weight excluding hydrogens is 117 g/mol. The fraction of sp³-hybridized carbons (Fsp3) is 1.00. The van der Waals surface area contributed by atoms with Crippen molar-refractivity contribution in [1.29, 1.82) is 0 Å². The number of rotatable bonds is 2. The smallest absolute Gasteiger partial charge is 0.159 e. The molecule has 0 aliphatic rings. The number of hydrogen-bond acceptors (Lipinski definition) is 3. The zero-order chi connectivity index (χ0) is 5.86. The minimum atomic E-state index is -2.39. The highest BCUT2D eigenvalue weighted by Gasteiger charge is 2.22. The molecule has 1 N–H and O–H groups in total. The van der Waals surface area contributed by atoms with E-state index in [1.807, 2.05) is 0 Å². The van der Waals surface area contributed by atoms with E-state index in [9.17, 15) is 9.47 Å². The molecule has 2 unspecified atom stereocenters. The minimum Gasteiger partial charge on any atom is -0.159 e. The van der Waals surface area contributed by atoms with Crippen molar-refractivity contribution in [3.05, 3.63) is 4.91 Å². The first-order valence-electron chi connectivity index (χ1n) is 1.66. The van der Waals surface area contributed by atoms with Gasteiger partial charge in [-0.1, -0.05) is 0 Å². The van der Waals surface area contributed by atoms with Gasteiger partial charge in [-0.15, -0.1) is 4.91 Å². The minimum absolute atomic E-state index is 0.963. The Kier molecular flexibility index (Phi) is 2.64. The molecule has 4 nitrogen and oxygen atoms in total. The van der Waals surface area contributed by atoms with Crippen molar-refractivity contribution in [2.24, 2.45) is 5.18 Å². The van der Waals surface area contributed by atoms with Crippen LogP contribution in [0.5, 0.6) is 0 Å². The summed E-state index contributed by atoms with van der Waals surface area (Å²) in [5, 5.41) is 2.30. The van der Waals surface area contributed by atoms with Crippen molar-refractivity contribution in [3.8, 4) is 0 Å². The van der Waals surface area contributed by atoms with Crippen molar-refractivity contribution in [1.82, 2.24) is 0 Å². The van der Waals surface area contributed by atoms with Crippen LogP contribution in [-0.2, 0) is 4.57 Å². The van der Waals surface area contributed by atoms with Gasteiger partial charge >= 0.3 is 13.8 Å². The van der Waals surface area contributed by atoms with Gasteiger partial charge < -0.3 is 0 Å². The van der Waals surface area contributed by atoms with E-state index in [2.05, 4.69) is 5.18 Å². The number of nitrogens with zero attached hydrogens (tertiary/aromatic N) is 1. The maximum atomic E-state index is 9.78. The van der Waals surface area contributed by atoms with E-state index >= 15 is 0 Å². The van der Waals surface area contributed by atoms with Gasteiger partial charge in [0.15, 0.2) is 0 Å². The molecule has 0 heterocycles. The second kappa shape index (κ2) is 2.77. The molecule has 0 bridgehead atoms. The molecular formula is C2H5NO3P+. The molecule has 2 atom stereocenters. The molecule has 0 aromatic carbocycles. The van der Waals surface area contributed by atoms with Gasteiger partial charge in [0, 0.05) is 6.92 Å². The van der Waals surface area contributed by atoms with Crippen LogP contribution in [0.3, 0.4) is 0 Å². The Bertz CT molecular complexity index is 92.9. The highest BCUT2D eigenvalue weighted by atomic mass is 31.1. The van der Waals surface area contributed by atoms with Crippen molar-refractivity contribution in [2.45, 2.75) is 12.7 Å². The van der Waals surface area contributed by atoms with E-state index in [-0.39, 0.29) is 0 Å². The average Bonchev–Trinajstić information content (AvgIpc) is 1.65. The fourth-order valence-corrected chi connectivity index (χ4v) is 0.121. The molecule has 40 valence electrons. The number of nitroso groups, excluding NO2 is 1. The third-order valence-electron chi connectivity index (χ3n) is 0.472. The Labute approximate surface area is 41.4 Å². The Balaban J connectivity index is 3.55. The third-order valence-corrected chi connectivity index (χ3v) is 1.21. The first-order valence-corrected chi connectivity index (χ1v) is 2.94. The van der Waals surface area contributed by atoms with E-state index in [4.69, 9.17) is 4.89 Å². The lowest BCUT2D eigenvalue weighted by Crippen LogP contribution is -1.84. The van der Waals surface area contributed by atoms with E-state index in [0.717, 1.165) is 0 Å². The quantitative estimate of drug-likeness (QED) is 0.435. The van der Waals surface area contributed by atoms with Crippen LogP contribution < -0.4 is 0 Å².